The predicted octanol–water partition coefficient (Wildman–Crippen LogP) is 1.29. The fourth-order valence-electron chi connectivity index (χ4n) is 3.37. The number of rotatable bonds is 2. The highest BCUT2D eigenvalue weighted by Gasteiger charge is 2.46. The topological polar surface area (TPSA) is 72.9 Å². The molecule has 0 radical (unpaired) electrons. The van der Waals surface area contributed by atoms with Crippen LogP contribution in [0.3, 0.4) is 0 Å². The maximum absolute atomic E-state index is 12.6. The number of hydrogen-bond acceptors (Lipinski definition) is 5. The number of fused-ring (bicyclic) bond motifs is 2. The Hall–Kier alpha value is -1.15. The van der Waals surface area contributed by atoms with Crippen LogP contribution in [0, 0.1) is 5.92 Å². The first-order valence-electron chi connectivity index (χ1n) is 7.07. The molecule has 118 valence electrons. The third-order valence-electron chi connectivity index (χ3n) is 4.41. The molecule has 2 saturated heterocycles. The summed E-state index contributed by atoms with van der Waals surface area (Å²) in [5.41, 5.74) is 0.133. The predicted molar refractivity (Wildman–Crippen MR) is 77.3 cm³/mol. The third kappa shape index (κ3) is 2.00. The van der Waals surface area contributed by atoms with Gasteiger partial charge >= 0.3 is 0 Å². The molecule has 1 aromatic carbocycles. The van der Waals surface area contributed by atoms with Crippen LogP contribution in [0.5, 0.6) is 0 Å². The first kappa shape index (κ1) is 14.4. The average Bonchev–Trinajstić information content (AvgIpc) is 3.08. The van der Waals surface area contributed by atoms with E-state index >= 15 is 0 Å². The van der Waals surface area contributed by atoms with Gasteiger partial charge in [-0.15, -0.1) is 0 Å². The van der Waals surface area contributed by atoms with Gasteiger partial charge in [0.1, 0.15) is 4.90 Å². The highest BCUT2D eigenvalue weighted by Crippen LogP contribution is 2.38. The van der Waals surface area contributed by atoms with Crippen molar-refractivity contribution in [2.24, 2.45) is 5.92 Å². The van der Waals surface area contributed by atoms with Crippen LogP contribution in [0.2, 0.25) is 5.02 Å². The number of carbonyl (C=O) groups excluding carboxylic acids is 1. The van der Waals surface area contributed by atoms with Crippen molar-refractivity contribution >= 4 is 27.5 Å². The number of halogens is 1. The van der Waals surface area contributed by atoms with E-state index in [4.69, 9.17) is 21.1 Å². The van der Waals surface area contributed by atoms with E-state index < -0.39 is 15.9 Å². The molecule has 8 heteroatoms. The quantitative estimate of drug-likeness (QED) is 0.809. The second kappa shape index (κ2) is 4.92. The Kier molecular flexibility index (Phi) is 3.23. The average molecular weight is 344 g/mol. The minimum atomic E-state index is -3.90. The zero-order valence-corrected chi connectivity index (χ0v) is 13.1. The standard InChI is InChI=1S/C14H14ClNO5S/c15-11-3-1-2-10-13(11)22(18,19)16(14(10)17)5-9-4-8-6-20-7-12(8)21-9/h1-3,8-9,12H,4-7H2. The zero-order valence-electron chi connectivity index (χ0n) is 11.6. The van der Waals surface area contributed by atoms with E-state index in [9.17, 15) is 13.2 Å². The molecule has 0 saturated carbocycles. The highest BCUT2D eigenvalue weighted by molar-refractivity contribution is 7.90. The van der Waals surface area contributed by atoms with Crippen LogP contribution in [0.15, 0.2) is 23.1 Å². The summed E-state index contributed by atoms with van der Waals surface area (Å²) in [5, 5.41) is 0.0750. The van der Waals surface area contributed by atoms with Crippen LogP contribution in [0.1, 0.15) is 16.8 Å². The highest BCUT2D eigenvalue weighted by atomic mass is 35.5. The largest absolute Gasteiger partial charge is 0.378 e. The number of carbonyl (C=O) groups is 1. The van der Waals surface area contributed by atoms with Gasteiger partial charge in [-0.1, -0.05) is 17.7 Å². The SMILES string of the molecule is O=C1c2cccc(Cl)c2S(=O)(=O)N1CC1CC2COCC2O1. The second-order valence-corrected chi connectivity index (χ2v) is 7.99. The minimum Gasteiger partial charge on any atom is -0.378 e. The molecule has 6 nitrogen and oxygen atoms in total. The number of sulfonamides is 1. The molecule has 1 amide bonds. The van der Waals surface area contributed by atoms with Crippen molar-refractivity contribution in [2.75, 3.05) is 19.8 Å². The van der Waals surface area contributed by atoms with Crippen molar-refractivity contribution in [3.8, 4) is 0 Å². The smallest absolute Gasteiger partial charge is 0.269 e. The van der Waals surface area contributed by atoms with Crippen molar-refractivity contribution in [1.29, 1.82) is 0 Å². The van der Waals surface area contributed by atoms with Gasteiger partial charge in [-0.05, 0) is 18.6 Å². The summed E-state index contributed by atoms with van der Waals surface area (Å²) < 4.78 is 37.2. The van der Waals surface area contributed by atoms with E-state index in [1.165, 1.54) is 12.1 Å². The van der Waals surface area contributed by atoms with Gasteiger partial charge in [0.05, 0.1) is 42.6 Å². The van der Waals surface area contributed by atoms with Crippen LogP contribution in [0.4, 0.5) is 0 Å². The molecule has 3 unspecified atom stereocenters. The molecule has 3 aliphatic rings. The Bertz CT molecular complexity index is 738. The van der Waals surface area contributed by atoms with E-state index in [-0.39, 0.29) is 40.2 Å². The lowest BCUT2D eigenvalue weighted by atomic mass is 10.0. The normalized spacial score (nSPS) is 32.3. The van der Waals surface area contributed by atoms with Gasteiger partial charge in [-0.3, -0.25) is 4.79 Å². The molecular formula is C14H14ClNO5S. The summed E-state index contributed by atoms with van der Waals surface area (Å²) in [4.78, 5) is 12.3. The van der Waals surface area contributed by atoms with E-state index in [2.05, 4.69) is 0 Å². The van der Waals surface area contributed by atoms with Gasteiger partial charge < -0.3 is 9.47 Å². The molecule has 3 aliphatic heterocycles. The van der Waals surface area contributed by atoms with Gasteiger partial charge in [0.25, 0.3) is 15.9 Å². The lowest BCUT2D eigenvalue weighted by molar-refractivity contribution is 0.0129. The number of nitrogens with zero attached hydrogens (tertiary/aromatic N) is 1. The fourth-order valence-corrected chi connectivity index (χ4v) is 5.48. The molecule has 0 N–H and O–H groups in total. The van der Waals surface area contributed by atoms with E-state index in [1.807, 2.05) is 0 Å². The maximum atomic E-state index is 12.6. The van der Waals surface area contributed by atoms with Crippen molar-refractivity contribution < 1.29 is 22.7 Å². The molecule has 0 bridgehead atoms. The van der Waals surface area contributed by atoms with Gasteiger partial charge in [-0.25, -0.2) is 12.7 Å². The van der Waals surface area contributed by atoms with Gasteiger partial charge in [-0.2, -0.15) is 0 Å². The summed E-state index contributed by atoms with van der Waals surface area (Å²) in [7, 11) is -3.90. The van der Waals surface area contributed by atoms with Crippen molar-refractivity contribution in [3.63, 3.8) is 0 Å². The Balaban J connectivity index is 1.62. The molecular weight excluding hydrogens is 330 g/mol. The molecule has 22 heavy (non-hydrogen) atoms. The molecule has 4 rings (SSSR count). The molecule has 0 spiro atoms. The fraction of sp³-hybridized carbons (Fsp3) is 0.500. The van der Waals surface area contributed by atoms with Crippen LogP contribution >= 0.6 is 11.6 Å². The maximum Gasteiger partial charge on any atom is 0.269 e. The first-order chi connectivity index (χ1) is 10.5. The Morgan fingerprint density at radius 2 is 2.14 bits per heavy atom. The summed E-state index contributed by atoms with van der Waals surface area (Å²) in [6, 6.07) is 4.54. The van der Waals surface area contributed by atoms with Crippen LogP contribution in [-0.2, 0) is 19.5 Å². The number of hydrogen-bond donors (Lipinski definition) is 0. The molecule has 2 fully saturated rings. The number of amides is 1. The molecule has 3 heterocycles. The summed E-state index contributed by atoms with van der Waals surface area (Å²) >= 11 is 5.97. The zero-order chi connectivity index (χ0) is 15.5. The Morgan fingerprint density at radius 3 is 2.86 bits per heavy atom. The van der Waals surface area contributed by atoms with Crippen LogP contribution in [0.25, 0.3) is 0 Å². The number of ether oxygens (including phenoxy) is 2. The van der Waals surface area contributed by atoms with Gasteiger partial charge in [0.15, 0.2) is 0 Å². The van der Waals surface area contributed by atoms with Crippen molar-refractivity contribution in [2.45, 2.75) is 23.5 Å². The second-order valence-electron chi connectivity index (χ2n) is 5.79. The Morgan fingerprint density at radius 1 is 1.32 bits per heavy atom. The van der Waals surface area contributed by atoms with Gasteiger partial charge in [0.2, 0.25) is 0 Å². The molecule has 0 aliphatic carbocycles. The van der Waals surface area contributed by atoms with Crippen molar-refractivity contribution in [1.82, 2.24) is 4.31 Å². The van der Waals surface area contributed by atoms with Gasteiger partial charge in [0, 0.05) is 5.92 Å². The number of benzene rings is 1. The van der Waals surface area contributed by atoms with Crippen LogP contribution in [-0.4, -0.2) is 50.6 Å². The van der Waals surface area contributed by atoms with Crippen molar-refractivity contribution in [3.05, 3.63) is 28.8 Å². The summed E-state index contributed by atoms with van der Waals surface area (Å²) in [5.74, 6) is -0.245. The van der Waals surface area contributed by atoms with Crippen LogP contribution < -0.4 is 0 Å². The third-order valence-corrected chi connectivity index (χ3v) is 6.69. The molecule has 0 aromatic heterocycles. The lowest BCUT2D eigenvalue weighted by Gasteiger charge is -2.20. The minimum absolute atomic E-state index is 0.0105. The lowest BCUT2D eigenvalue weighted by Crippen LogP contribution is -2.37. The summed E-state index contributed by atoms with van der Waals surface area (Å²) in [6.45, 7) is 1.20. The summed E-state index contributed by atoms with van der Waals surface area (Å²) in [6.07, 6.45) is 0.427. The Labute approximate surface area is 133 Å². The first-order valence-corrected chi connectivity index (χ1v) is 8.89. The van der Waals surface area contributed by atoms with E-state index in [0.717, 1.165) is 4.31 Å². The monoisotopic (exact) mass is 343 g/mol. The molecule has 3 atom stereocenters. The molecule has 1 aromatic rings. The van der Waals surface area contributed by atoms with E-state index in [0.29, 0.717) is 19.6 Å². The van der Waals surface area contributed by atoms with E-state index in [1.54, 1.807) is 6.07 Å².